The fourth-order valence-electron chi connectivity index (χ4n) is 3.18. The molecule has 4 nitrogen and oxygen atoms in total. The first-order valence-electron chi connectivity index (χ1n) is 8.01. The quantitative estimate of drug-likeness (QED) is 0.756. The average Bonchev–Trinajstić information content (AvgIpc) is 2.45. The van der Waals surface area contributed by atoms with Crippen molar-refractivity contribution in [2.45, 2.75) is 45.2 Å². The zero-order chi connectivity index (χ0) is 13.5. The Morgan fingerprint density at radius 1 is 1.21 bits per heavy atom. The van der Waals surface area contributed by atoms with Crippen LogP contribution in [0.1, 0.15) is 33.1 Å². The third kappa shape index (κ3) is 5.38. The van der Waals surface area contributed by atoms with Gasteiger partial charge < -0.3 is 15.4 Å². The molecule has 0 saturated carbocycles. The molecule has 112 valence electrons. The minimum atomic E-state index is 0.679. The molecule has 0 aliphatic carbocycles. The van der Waals surface area contributed by atoms with Crippen molar-refractivity contribution in [3.05, 3.63) is 0 Å². The van der Waals surface area contributed by atoms with Crippen molar-refractivity contribution < 1.29 is 4.74 Å². The number of hydrogen-bond acceptors (Lipinski definition) is 4. The van der Waals surface area contributed by atoms with Gasteiger partial charge in [0.25, 0.3) is 0 Å². The van der Waals surface area contributed by atoms with E-state index in [1.807, 2.05) is 0 Å². The molecule has 2 fully saturated rings. The normalized spacial score (nSPS) is 24.8. The minimum absolute atomic E-state index is 0.679. The van der Waals surface area contributed by atoms with E-state index in [1.165, 1.54) is 32.4 Å². The van der Waals surface area contributed by atoms with Gasteiger partial charge in [0.15, 0.2) is 0 Å². The summed E-state index contributed by atoms with van der Waals surface area (Å²) < 4.78 is 5.48. The van der Waals surface area contributed by atoms with Crippen molar-refractivity contribution >= 4 is 0 Å². The van der Waals surface area contributed by atoms with E-state index >= 15 is 0 Å². The van der Waals surface area contributed by atoms with Crippen LogP contribution < -0.4 is 10.6 Å². The van der Waals surface area contributed by atoms with E-state index < -0.39 is 0 Å². The molecule has 0 spiro atoms. The second kappa shape index (κ2) is 8.20. The highest BCUT2D eigenvalue weighted by atomic mass is 16.5. The number of piperidine rings is 1. The summed E-state index contributed by atoms with van der Waals surface area (Å²) in [6, 6.07) is 1.40. The van der Waals surface area contributed by atoms with Crippen LogP contribution in [0.15, 0.2) is 0 Å². The van der Waals surface area contributed by atoms with E-state index in [2.05, 4.69) is 29.4 Å². The predicted molar refractivity (Wildman–Crippen MR) is 79.5 cm³/mol. The molecule has 2 rings (SSSR count). The van der Waals surface area contributed by atoms with Gasteiger partial charge in [-0.05, 0) is 38.3 Å². The van der Waals surface area contributed by atoms with Crippen LogP contribution in [0.5, 0.6) is 0 Å². The summed E-state index contributed by atoms with van der Waals surface area (Å²) in [5.41, 5.74) is 0. The van der Waals surface area contributed by atoms with Gasteiger partial charge in [0.2, 0.25) is 0 Å². The summed E-state index contributed by atoms with van der Waals surface area (Å²) in [5, 5.41) is 7.23. The summed E-state index contributed by atoms with van der Waals surface area (Å²) in [6.07, 6.45) is 3.84. The molecule has 2 saturated heterocycles. The van der Waals surface area contributed by atoms with Crippen LogP contribution >= 0.6 is 0 Å². The highest BCUT2D eigenvalue weighted by molar-refractivity contribution is 4.81. The Labute approximate surface area is 118 Å². The zero-order valence-corrected chi connectivity index (χ0v) is 12.7. The largest absolute Gasteiger partial charge is 0.379 e. The molecule has 1 unspecified atom stereocenters. The number of hydrogen-bond donors (Lipinski definition) is 2. The maximum absolute atomic E-state index is 5.48. The molecule has 0 aromatic heterocycles. The van der Waals surface area contributed by atoms with E-state index in [4.69, 9.17) is 4.74 Å². The van der Waals surface area contributed by atoms with Crippen molar-refractivity contribution in [3.8, 4) is 0 Å². The van der Waals surface area contributed by atoms with Gasteiger partial charge in [-0.3, -0.25) is 4.90 Å². The van der Waals surface area contributed by atoms with Crippen LogP contribution in [-0.4, -0.2) is 62.9 Å². The van der Waals surface area contributed by atoms with Crippen molar-refractivity contribution in [1.29, 1.82) is 0 Å². The molecular weight excluding hydrogens is 238 g/mol. The monoisotopic (exact) mass is 269 g/mol. The summed E-state index contributed by atoms with van der Waals surface area (Å²) in [4.78, 5) is 2.62. The van der Waals surface area contributed by atoms with Crippen molar-refractivity contribution in [1.82, 2.24) is 15.5 Å². The Morgan fingerprint density at radius 3 is 2.53 bits per heavy atom. The summed E-state index contributed by atoms with van der Waals surface area (Å²) >= 11 is 0. The van der Waals surface area contributed by atoms with E-state index in [-0.39, 0.29) is 0 Å². The summed E-state index contributed by atoms with van der Waals surface area (Å²) in [5.74, 6) is 0.766. The predicted octanol–water partition coefficient (Wildman–Crippen LogP) is 1.07. The second-order valence-corrected chi connectivity index (χ2v) is 6.36. The summed E-state index contributed by atoms with van der Waals surface area (Å²) in [6.45, 7) is 12.2. The van der Waals surface area contributed by atoms with Crippen LogP contribution in [0.4, 0.5) is 0 Å². The molecule has 19 heavy (non-hydrogen) atoms. The fraction of sp³-hybridized carbons (Fsp3) is 1.00. The number of ether oxygens (including phenoxy) is 1. The first kappa shape index (κ1) is 15.2. The van der Waals surface area contributed by atoms with Crippen LogP contribution in [-0.2, 0) is 4.74 Å². The molecule has 0 aromatic carbocycles. The number of morpholine rings is 1. The van der Waals surface area contributed by atoms with Crippen LogP contribution in [0.3, 0.4) is 0 Å². The number of nitrogens with zero attached hydrogens (tertiary/aromatic N) is 1. The second-order valence-electron chi connectivity index (χ2n) is 6.36. The van der Waals surface area contributed by atoms with Gasteiger partial charge in [-0.15, -0.1) is 0 Å². The Bertz CT molecular complexity index is 236. The first-order chi connectivity index (χ1) is 9.25. The van der Waals surface area contributed by atoms with Gasteiger partial charge in [-0.2, -0.15) is 0 Å². The standard InChI is InChI=1S/C15H31N3O/c1-13(2)11-15(18-7-9-19-10-8-18)12-17-14-3-5-16-6-4-14/h13-17H,3-12H2,1-2H3. The van der Waals surface area contributed by atoms with Gasteiger partial charge in [-0.25, -0.2) is 0 Å². The van der Waals surface area contributed by atoms with Gasteiger partial charge >= 0.3 is 0 Å². The van der Waals surface area contributed by atoms with Gasteiger partial charge in [0.05, 0.1) is 13.2 Å². The maximum atomic E-state index is 5.48. The smallest absolute Gasteiger partial charge is 0.0594 e. The Balaban J connectivity index is 1.78. The van der Waals surface area contributed by atoms with Crippen molar-refractivity contribution in [2.24, 2.45) is 5.92 Å². The van der Waals surface area contributed by atoms with Crippen molar-refractivity contribution in [2.75, 3.05) is 45.9 Å². The average molecular weight is 269 g/mol. The lowest BCUT2D eigenvalue weighted by atomic mass is 10.0. The van der Waals surface area contributed by atoms with E-state index in [0.717, 1.165) is 44.8 Å². The summed E-state index contributed by atoms with van der Waals surface area (Å²) in [7, 11) is 0. The number of nitrogens with one attached hydrogen (secondary N) is 2. The third-order valence-electron chi connectivity index (χ3n) is 4.29. The first-order valence-corrected chi connectivity index (χ1v) is 8.01. The molecule has 1 atom stereocenters. The molecule has 2 N–H and O–H groups in total. The highest BCUT2D eigenvalue weighted by Crippen LogP contribution is 2.14. The number of rotatable bonds is 6. The molecule has 0 bridgehead atoms. The van der Waals surface area contributed by atoms with Crippen LogP contribution in [0.2, 0.25) is 0 Å². The van der Waals surface area contributed by atoms with Crippen molar-refractivity contribution in [3.63, 3.8) is 0 Å². The van der Waals surface area contributed by atoms with Crippen LogP contribution in [0, 0.1) is 5.92 Å². The van der Waals surface area contributed by atoms with Gasteiger partial charge in [-0.1, -0.05) is 13.8 Å². The van der Waals surface area contributed by atoms with Gasteiger partial charge in [0, 0.05) is 31.7 Å². The molecule has 4 heteroatoms. The zero-order valence-electron chi connectivity index (χ0n) is 12.7. The maximum Gasteiger partial charge on any atom is 0.0594 e. The fourth-order valence-corrected chi connectivity index (χ4v) is 3.18. The molecule has 2 heterocycles. The van der Waals surface area contributed by atoms with E-state index in [1.54, 1.807) is 0 Å². The lowest BCUT2D eigenvalue weighted by molar-refractivity contribution is 0.0116. The highest BCUT2D eigenvalue weighted by Gasteiger charge is 2.23. The molecular formula is C15H31N3O. The SMILES string of the molecule is CC(C)CC(CNC1CCNCC1)N1CCOCC1. The Kier molecular flexibility index (Phi) is 6.57. The Hall–Kier alpha value is -0.160. The van der Waals surface area contributed by atoms with E-state index in [9.17, 15) is 0 Å². The van der Waals surface area contributed by atoms with Gasteiger partial charge in [0.1, 0.15) is 0 Å². The van der Waals surface area contributed by atoms with E-state index in [0.29, 0.717) is 6.04 Å². The Morgan fingerprint density at radius 2 is 1.89 bits per heavy atom. The molecule has 2 aliphatic rings. The molecule has 0 amide bonds. The molecule has 0 aromatic rings. The lowest BCUT2D eigenvalue weighted by Gasteiger charge is -2.37. The third-order valence-corrected chi connectivity index (χ3v) is 4.29. The minimum Gasteiger partial charge on any atom is -0.379 e. The topological polar surface area (TPSA) is 36.5 Å². The molecule has 0 radical (unpaired) electrons. The lowest BCUT2D eigenvalue weighted by Crippen LogP contribution is -2.51. The molecule has 2 aliphatic heterocycles. The van der Waals surface area contributed by atoms with Crippen LogP contribution in [0.25, 0.3) is 0 Å².